The van der Waals surface area contributed by atoms with Crippen LogP contribution in [0.4, 0.5) is 11.5 Å². The number of carbonyl (C=O) groups is 2. The highest BCUT2D eigenvalue weighted by molar-refractivity contribution is 7.19. The predicted octanol–water partition coefficient (Wildman–Crippen LogP) is 2.01. The van der Waals surface area contributed by atoms with E-state index >= 15 is 0 Å². The van der Waals surface area contributed by atoms with E-state index < -0.39 is 0 Å². The number of aromatic nitrogens is 4. The molecular weight excluding hydrogens is 406 g/mol. The molecule has 3 rings (SSSR count). The first-order chi connectivity index (χ1) is 14.2. The van der Waals surface area contributed by atoms with Crippen LogP contribution in [0.5, 0.6) is 5.88 Å². The van der Waals surface area contributed by atoms with E-state index in [4.69, 9.17) is 4.74 Å². The van der Waals surface area contributed by atoms with Crippen LogP contribution >= 0.6 is 11.3 Å². The van der Waals surface area contributed by atoms with Crippen LogP contribution in [-0.4, -0.2) is 76.3 Å². The van der Waals surface area contributed by atoms with Crippen molar-refractivity contribution in [2.45, 2.75) is 13.8 Å². The largest absolute Gasteiger partial charge is 0.480 e. The molecule has 0 bridgehead atoms. The number of carbonyl (C=O) groups excluding carboxylic acids is 2. The molecule has 30 heavy (non-hydrogen) atoms. The van der Waals surface area contributed by atoms with Gasteiger partial charge in [-0.3, -0.25) is 9.59 Å². The van der Waals surface area contributed by atoms with Gasteiger partial charge in [-0.2, -0.15) is 0 Å². The van der Waals surface area contributed by atoms with E-state index in [-0.39, 0.29) is 23.4 Å². The van der Waals surface area contributed by atoms with Gasteiger partial charge in [0.15, 0.2) is 10.8 Å². The smallest absolute Gasteiger partial charge is 0.283 e. The zero-order valence-corrected chi connectivity index (χ0v) is 18.5. The molecule has 0 aliphatic heterocycles. The second kappa shape index (κ2) is 8.57. The number of anilines is 2. The van der Waals surface area contributed by atoms with Crippen molar-refractivity contribution in [3.8, 4) is 5.88 Å². The van der Waals surface area contributed by atoms with Crippen molar-refractivity contribution < 1.29 is 14.3 Å². The number of fused-ring (bicyclic) bond motifs is 1. The summed E-state index contributed by atoms with van der Waals surface area (Å²) in [5.41, 5.74) is 2.95. The lowest BCUT2D eigenvalue weighted by atomic mass is 10.2. The number of methoxy groups -OCH3 is 1. The molecule has 2 amide bonds. The molecule has 3 heterocycles. The van der Waals surface area contributed by atoms with Crippen LogP contribution in [0.3, 0.4) is 0 Å². The molecule has 3 aromatic rings. The first-order valence-electron chi connectivity index (χ1n) is 9.07. The zero-order chi connectivity index (χ0) is 22.0. The Hall–Kier alpha value is -3.34. The van der Waals surface area contributed by atoms with Crippen LogP contribution in [0.1, 0.15) is 21.1 Å². The molecule has 0 fully saturated rings. The average Bonchev–Trinajstić information content (AvgIpc) is 3.15. The van der Waals surface area contributed by atoms with E-state index in [1.165, 1.54) is 16.1 Å². The van der Waals surface area contributed by atoms with Crippen molar-refractivity contribution in [3.05, 3.63) is 28.7 Å². The number of hydrogen-bond acceptors (Lipinski definition) is 9. The maximum Gasteiger partial charge on any atom is 0.283 e. The third kappa shape index (κ3) is 4.30. The monoisotopic (exact) mass is 429 g/mol. The maximum absolute atomic E-state index is 12.7. The highest BCUT2D eigenvalue weighted by atomic mass is 32.1. The van der Waals surface area contributed by atoms with Gasteiger partial charge in [-0.05, 0) is 25.5 Å². The van der Waals surface area contributed by atoms with E-state index in [1.807, 2.05) is 19.9 Å². The highest BCUT2D eigenvalue weighted by Gasteiger charge is 2.22. The Labute approximate surface area is 177 Å². The van der Waals surface area contributed by atoms with Crippen molar-refractivity contribution in [3.63, 3.8) is 0 Å². The van der Waals surface area contributed by atoms with Gasteiger partial charge in [-0.25, -0.2) is 19.9 Å². The molecule has 0 radical (unpaired) electrons. The molecule has 158 valence electrons. The van der Waals surface area contributed by atoms with Gasteiger partial charge in [0, 0.05) is 26.8 Å². The number of rotatable bonds is 6. The van der Waals surface area contributed by atoms with E-state index in [0.717, 1.165) is 22.6 Å². The van der Waals surface area contributed by atoms with Gasteiger partial charge in [-0.1, -0.05) is 11.3 Å². The molecule has 0 atom stereocenters. The molecule has 10 nitrogen and oxygen atoms in total. The summed E-state index contributed by atoms with van der Waals surface area (Å²) in [6.07, 6.45) is 1.40. The van der Waals surface area contributed by atoms with Crippen LogP contribution in [0.15, 0.2) is 12.4 Å². The number of thiazole rings is 1. The SMILES string of the molecule is COc1nc(C)c(C)cc1Nc1ncnc2sc(C(=O)N(C)CC(=O)N(C)C)nc12. The van der Waals surface area contributed by atoms with Crippen molar-refractivity contribution in [2.24, 2.45) is 0 Å². The molecule has 11 heteroatoms. The Morgan fingerprint density at radius 3 is 2.57 bits per heavy atom. The van der Waals surface area contributed by atoms with Crippen LogP contribution in [0.25, 0.3) is 10.3 Å². The number of nitrogens with zero attached hydrogens (tertiary/aromatic N) is 6. The summed E-state index contributed by atoms with van der Waals surface area (Å²) >= 11 is 1.14. The summed E-state index contributed by atoms with van der Waals surface area (Å²) in [5.74, 6) is 0.331. The average molecular weight is 430 g/mol. The fourth-order valence-electron chi connectivity index (χ4n) is 2.57. The fourth-order valence-corrected chi connectivity index (χ4v) is 3.47. The number of nitrogens with one attached hydrogen (secondary N) is 1. The summed E-state index contributed by atoms with van der Waals surface area (Å²) in [6.45, 7) is 3.82. The van der Waals surface area contributed by atoms with Crippen molar-refractivity contribution in [2.75, 3.05) is 40.1 Å². The maximum atomic E-state index is 12.7. The molecular formula is C19H23N7O3S. The first-order valence-corrected chi connectivity index (χ1v) is 9.89. The first kappa shape index (κ1) is 21.4. The second-order valence-corrected chi connectivity index (χ2v) is 7.89. The van der Waals surface area contributed by atoms with Gasteiger partial charge in [0.1, 0.15) is 22.4 Å². The highest BCUT2D eigenvalue weighted by Crippen LogP contribution is 2.31. The molecule has 0 saturated carbocycles. The third-order valence-electron chi connectivity index (χ3n) is 4.47. The number of likely N-dealkylation sites (N-methyl/N-ethyl adjacent to an activating group) is 2. The summed E-state index contributed by atoms with van der Waals surface area (Å²) in [6, 6.07) is 1.91. The van der Waals surface area contributed by atoms with Gasteiger partial charge in [0.05, 0.1) is 13.7 Å². The molecule has 0 saturated heterocycles. The lowest BCUT2D eigenvalue weighted by Crippen LogP contribution is -2.37. The number of hydrogen-bond donors (Lipinski definition) is 1. The van der Waals surface area contributed by atoms with Crippen LogP contribution in [0, 0.1) is 13.8 Å². The van der Waals surface area contributed by atoms with Crippen LogP contribution in [0.2, 0.25) is 0 Å². The standard InChI is InChI=1S/C19H23N7O3S/c1-10-7-12(16(29-6)22-11(10)2)23-15-14-17(21-9-20-15)30-18(24-14)19(28)26(5)8-13(27)25(3)4/h7,9H,8H2,1-6H3,(H,20,21,23). The predicted molar refractivity (Wildman–Crippen MR) is 114 cm³/mol. The minimum absolute atomic E-state index is 0.0376. The molecule has 0 spiro atoms. The molecule has 1 N–H and O–H groups in total. The van der Waals surface area contributed by atoms with Crippen molar-refractivity contribution in [1.29, 1.82) is 0 Å². The van der Waals surface area contributed by atoms with E-state index in [0.29, 0.717) is 27.7 Å². The minimum atomic E-state index is -0.357. The molecule has 0 aliphatic rings. The number of pyridine rings is 1. The van der Waals surface area contributed by atoms with Crippen LogP contribution < -0.4 is 10.1 Å². The van der Waals surface area contributed by atoms with E-state index in [1.54, 1.807) is 28.3 Å². The van der Waals surface area contributed by atoms with E-state index in [2.05, 4.69) is 25.3 Å². The zero-order valence-electron chi connectivity index (χ0n) is 17.7. The van der Waals surface area contributed by atoms with Gasteiger partial charge >= 0.3 is 0 Å². The number of ether oxygens (including phenoxy) is 1. The Morgan fingerprint density at radius 2 is 1.90 bits per heavy atom. The molecule has 0 unspecified atom stereocenters. The molecule has 3 aromatic heterocycles. The lowest BCUT2D eigenvalue weighted by Gasteiger charge is -2.17. The summed E-state index contributed by atoms with van der Waals surface area (Å²) in [4.78, 5) is 45.3. The Morgan fingerprint density at radius 1 is 1.17 bits per heavy atom. The molecule has 0 aromatic carbocycles. The fraction of sp³-hybridized carbons (Fsp3) is 0.368. The van der Waals surface area contributed by atoms with Gasteiger partial charge in [-0.15, -0.1) is 0 Å². The lowest BCUT2D eigenvalue weighted by molar-refractivity contribution is -0.129. The quantitative estimate of drug-likeness (QED) is 0.633. The van der Waals surface area contributed by atoms with Gasteiger partial charge in [0.2, 0.25) is 11.8 Å². The Balaban J connectivity index is 1.92. The summed E-state index contributed by atoms with van der Waals surface area (Å²) in [7, 11) is 6.39. The normalized spacial score (nSPS) is 10.7. The molecule has 0 aliphatic carbocycles. The summed E-state index contributed by atoms with van der Waals surface area (Å²) in [5, 5.41) is 3.41. The Kier molecular flexibility index (Phi) is 6.11. The van der Waals surface area contributed by atoms with Crippen molar-refractivity contribution in [1.82, 2.24) is 29.7 Å². The van der Waals surface area contributed by atoms with Gasteiger partial charge in [0.25, 0.3) is 5.91 Å². The second-order valence-electron chi connectivity index (χ2n) is 6.92. The van der Waals surface area contributed by atoms with E-state index in [9.17, 15) is 9.59 Å². The van der Waals surface area contributed by atoms with Crippen LogP contribution in [-0.2, 0) is 4.79 Å². The Bertz CT molecular complexity index is 1110. The van der Waals surface area contributed by atoms with Gasteiger partial charge < -0.3 is 19.9 Å². The van der Waals surface area contributed by atoms with Crippen molar-refractivity contribution >= 4 is 45.0 Å². The third-order valence-corrected chi connectivity index (χ3v) is 5.43. The summed E-state index contributed by atoms with van der Waals surface area (Å²) < 4.78 is 5.37. The topological polar surface area (TPSA) is 113 Å². The minimum Gasteiger partial charge on any atom is -0.480 e. The number of amides is 2. The number of aryl methyl sites for hydroxylation is 2.